The molecule has 4 rings (SSSR count). The summed E-state index contributed by atoms with van der Waals surface area (Å²) in [5.74, 6) is -0.811. The Kier molecular flexibility index (Phi) is 6.03. The fourth-order valence-electron chi connectivity index (χ4n) is 3.82. The second kappa shape index (κ2) is 8.62. The van der Waals surface area contributed by atoms with Gasteiger partial charge in [0.2, 0.25) is 6.29 Å². The molecule has 11 heteroatoms. The molecule has 1 saturated heterocycles. The lowest BCUT2D eigenvalue weighted by atomic mass is 9.94. The van der Waals surface area contributed by atoms with Crippen LogP contribution in [0, 0.1) is 0 Å². The highest BCUT2D eigenvalue weighted by Gasteiger charge is 2.45. The lowest BCUT2D eigenvalue weighted by molar-refractivity contribution is -0.277. The molecule has 2 aromatic carbocycles. The monoisotopic (exact) mass is 452 g/mol. The Labute approximate surface area is 181 Å². The van der Waals surface area contributed by atoms with Gasteiger partial charge >= 0.3 is 0 Å². The summed E-state index contributed by atoms with van der Waals surface area (Å²) in [5.41, 5.74) is 0.691. The third kappa shape index (κ3) is 4.01. The van der Waals surface area contributed by atoms with Crippen LogP contribution in [-0.4, -0.2) is 84.3 Å². The van der Waals surface area contributed by atoms with Crippen molar-refractivity contribution in [2.75, 3.05) is 6.61 Å². The van der Waals surface area contributed by atoms with Crippen LogP contribution >= 0.6 is 0 Å². The van der Waals surface area contributed by atoms with Gasteiger partial charge in [-0.25, -0.2) is 0 Å². The molecule has 1 fully saturated rings. The molecule has 0 aromatic heterocycles. The molecule has 0 amide bonds. The van der Waals surface area contributed by atoms with Crippen LogP contribution in [0.15, 0.2) is 30.3 Å². The number of rotatable bonds is 4. The van der Waals surface area contributed by atoms with Crippen LogP contribution in [0.2, 0.25) is 0 Å². The summed E-state index contributed by atoms with van der Waals surface area (Å²) in [5, 5.41) is 79.4. The van der Waals surface area contributed by atoms with E-state index in [1.54, 1.807) is 0 Å². The van der Waals surface area contributed by atoms with E-state index in [4.69, 9.17) is 14.2 Å². The van der Waals surface area contributed by atoms with Crippen molar-refractivity contribution in [2.45, 2.75) is 49.3 Å². The lowest BCUT2D eigenvalue weighted by Crippen LogP contribution is -2.60. The molecule has 0 aliphatic carbocycles. The number of hydrogen-bond acceptors (Lipinski definition) is 11. The SMILES string of the molecule is OC[C@H]1O[C@@H](Oc2cc(O)c3c(c2)O[C@@H](c2ccc(O)c(O)c2)C(O)C3)[C@H](O)[C@@H](O)[C@@H]1O. The molecular formula is C21H24O11. The van der Waals surface area contributed by atoms with Crippen molar-refractivity contribution in [3.63, 3.8) is 0 Å². The molecule has 2 heterocycles. The quantitative estimate of drug-likeness (QED) is 0.266. The van der Waals surface area contributed by atoms with Crippen LogP contribution in [0.1, 0.15) is 17.2 Å². The minimum atomic E-state index is -1.64. The maximum Gasteiger partial charge on any atom is 0.229 e. The highest BCUT2D eigenvalue weighted by Crippen LogP contribution is 2.43. The molecule has 174 valence electrons. The maximum atomic E-state index is 10.5. The molecular weight excluding hydrogens is 428 g/mol. The van der Waals surface area contributed by atoms with Gasteiger partial charge in [0.15, 0.2) is 11.5 Å². The zero-order chi connectivity index (χ0) is 23.2. The second-order valence-electron chi connectivity index (χ2n) is 7.79. The first-order valence-electron chi connectivity index (χ1n) is 9.89. The van der Waals surface area contributed by atoms with Gasteiger partial charge < -0.3 is 55.1 Å². The van der Waals surface area contributed by atoms with Crippen LogP contribution in [-0.2, 0) is 11.2 Å². The van der Waals surface area contributed by atoms with Gasteiger partial charge in [0.1, 0.15) is 47.8 Å². The van der Waals surface area contributed by atoms with Gasteiger partial charge in [0, 0.05) is 24.1 Å². The van der Waals surface area contributed by atoms with E-state index in [-0.39, 0.29) is 35.2 Å². The molecule has 2 aromatic rings. The Morgan fingerprint density at radius 2 is 1.62 bits per heavy atom. The molecule has 0 saturated carbocycles. The van der Waals surface area contributed by atoms with Gasteiger partial charge in [-0.2, -0.15) is 0 Å². The molecule has 11 nitrogen and oxygen atoms in total. The molecule has 0 radical (unpaired) electrons. The van der Waals surface area contributed by atoms with Gasteiger partial charge in [0.25, 0.3) is 0 Å². The van der Waals surface area contributed by atoms with Crippen molar-refractivity contribution < 1.29 is 55.1 Å². The van der Waals surface area contributed by atoms with E-state index >= 15 is 0 Å². The van der Waals surface area contributed by atoms with Gasteiger partial charge in [-0.05, 0) is 17.7 Å². The zero-order valence-corrected chi connectivity index (χ0v) is 16.6. The summed E-state index contributed by atoms with van der Waals surface area (Å²) in [6, 6.07) is 6.58. The molecule has 1 unspecified atom stereocenters. The minimum absolute atomic E-state index is 0.00530. The van der Waals surface area contributed by atoms with Crippen molar-refractivity contribution in [2.24, 2.45) is 0 Å². The first kappa shape index (κ1) is 22.4. The van der Waals surface area contributed by atoms with E-state index < -0.39 is 49.5 Å². The fraction of sp³-hybridized carbons (Fsp3) is 0.429. The number of phenols is 3. The Hall–Kier alpha value is -2.80. The normalized spacial score (nSPS) is 32.1. The van der Waals surface area contributed by atoms with Gasteiger partial charge in [-0.1, -0.05) is 6.07 Å². The van der Waals surface area contributed by atoms with Gasteiger partial charge in [-0.3, -0.25) is 0 Å². The molecule has 0 bridgehead atoms. The lowest BCUT2D eigenvalue weighted by Gasteiger charge is -2.39. The van der Waals surface area contributed by atoms with Crippen molar-refractivity contribution in [3.05, 3.63) is 41.5 Å². The number of aromatic hydroxyl groups is 3. The first-order chi connectivity index (χ1) is 15.2. The van der Waals surface area contributed by atoms with Crippen LogP contribution in [0.4, 0.5) is 0 Å². The molecule has 2 aliphatic heterocycles. The van der Waals surface area contributed by atoms with E-state index in [0.29, 0.717) is 11.1 Å². The predicted molar refractivity (Wildman–Crippen MR) is 105 cm³/mol. The average Bonchev–Trinajstić information content (AvgIpc) is 2.76. The van der Waals surface area contributed by atoms with E-state index in [1.807, 2.05) is 0 Å². The molecule has 0 spiro atoms. The summed E-state index contributed by atoms with van der Waals surface area (Å²) in [6.45, 7) is -0.623. The van der Waals surface area contributed by atoms with Crippen LogP contribution < -0.4 is 9.47 Å². The largest absolute Gasteiger partial charge is 0.507 e. The number of ether oxygens (including phenoxy) is 3. The molecule has 7 atom stereocenters. The van der Waals surface area contributed by atoms with E-state index in [9.17, 15) is 40.9 Å². The Morgan fingerprint density at radius 1 is 0.875 bits per heavy atom. The smallest absolute Gasteiger partial charge is 0.229 e. The van der Waals surface area contributed by atoms with Gasteiger partial charge in [0.05, 0.1) is 12.7 Å². The van der Waals surface area contributed by atoms with Crippen molar-refractivity contribution in [1.29, 1.82) is 0 Å². The fourth-order valence-corrected chi connectivity index (χ4v) is 3.82. The molecule has 2 aliphatic rings. The summed E-state index contributed by atoms with van der Waals surface area (Å²) >= 11 is 0. The van der Waals surface area contributed by atoms with Crippen LogP contribution in [0.25, 0.3) is 0 Å². The Bertz CT molecular complexity index is 978. The van der Waals surface area contributed by atoms with Crippen molar-refractivity contribution in [1.82, 2.24) is 0 Å². The van der Waals surface area contributed by atoms with Crippen LogP contribution in [0.5, 0.6) is 28.7 Å². The van der Waals surface area contributed by atoms with Crippen molar-refractivity contribution in [3.8, 4) is 28.7 Å². The maximum absolute atomic E-state index is 10.5. The van der Waals surface area contributed by atoms with E-state index in [1.165, 1.54) is 30.3 Å². The number of fused-ring (bicyclic) bond motifs is 1. The highest BCUT2D eigenvalue weighted by atomic mass is 16.7. The number of phenolic OH excluding ortho intramolecular Hbond substituents is 3. The number of benzene rings is 2. The highest BCUT2D eigenvalue weighted by molar-refractivity contribution is 5.52. The molecule has 8 N–H and O–H groups in total. The summed E-state index contributed by atoms with van der Waals surface area (Å²) in [7, 11) is 0. The third-order valence-corrected chi connectivity index (χ3v) is 5.60. The second-order valence-corrected chi connectivity index (χ2v) is 7.79. The predicted octanol–water partition coefficient (Wildman–Crippen LogP) is -0.981. The Morgan fingerprint density at radius 3 is 2.31 bits per heavy atom. The zero-order valence-electron chi connectivity index (χ0n) is 16.6. The number of hydrogen-bond donors (Lipinski definition) is 8. The topological polar surface area (TPSA) is 190 Å². The summed E-state index contributed by atoms with van der Waals surface area (Å²) in [4.78, 5) is 0. The Balaban J connectivity index is 1.59. The van der Waals surface area contributed by atoms with Gasteiger partial charge in [-0.15, -0.1) is 0 Å². The molecule has 32 heavy (non-hydrogen) atoms. The first-order valence-corrected chi connectivity index (χ1v) is 9.89. The van der Waals surface area contributed by atoms with Crippen LogP contribution in [0.3, 0.4) is 0 Å². The van der Waals surface area contributed by atoms with E-state index in [2.05, 4.69) is 0 Å². The summed E-state index contributed by atoms with van der Waals surface area (Å²) in [6.07, 6.45) is -9.39. The minimum Gasteiger partial charge on any atom is -0.507 e. The number of aliphatic hydroxyl groups is 5. The standard InChI is InChI=1S/C21H24O11/c22-7-16-17(27)18(28)19(29)21(32-16)30-9-4-12(24)10-6-14(26)20(31-15(10)5-9)8-1-2-11(23)13(25)3-8/h1-5,14,16-29H,6-7H2/t14?,16-,17-,18+,19-,20+,21-/m1/s1. The third-order valence-electron chi connectivity index (χ3n) is 5.60. The summed E-state index contributed by atoms with van der Waals surface area (Å²) < 4.78 is 16.7. The van der Waals surface area contributed by atoms with E-state index in [0.717, 1.165) is 0 Å². The van der Waals surface area contributed by atoms with Crippen molar-refractivity contribution >= 4 is 0 Å². The average molecular weight is 452 g/mol. The number of aliphatic hydroxyl groups excluding tert-OH is 5.